The predicted molar refractivity (Wildman–Crippen MR) is 98.7 cm³/mol. The molecule has 0 saturated carbocycles. The van der Waals surface area contributed by atoms with Crippen molar-refractivity contribution in [3.63, 3.8) is 0 Å². The van der Waals surface area contributed by atoms with Crippen LogP contribution in [0.3, 0.4) is 0 Å². The molecule has 2 aromatic rings. The second-order valence-electron chi connectivity index (χ2n) is 5.86. The van der Waals surface area contributed by atoms with Crippen LogP contribution in [0.5, 0.6) is 0 Å². The van der Waals surface area contributed by atoms with Crippen molar-refractivity contribution in [2.24, 2.45) is 5.10 Å². The topological polar surface area (TPSA) is 66.6 Å². The molecule has 0 unspecified atom stereocenters. The fourth-order valence-electron chi connectivity index (χ4n) is 1.80. The molecule has 0 saturated heterocycles. The van der Waals surface area contributed by atoms with Crippen molar-refractivity contribution >= 4 is 57.7 Å². The highest BCUT2D eigenvalue weighted by Crippen LogP contribution is 2.26. The van der Waals surface area contributed by atoms with Crippen LogP contribution in [-0.4, -0.2) is 16.9 Å². The van der Waals surface area contributed by atoms with Gasteiger partial charge >= 0.3 is 0 Å². The van der Waals surface area contributed by atoms with Crippen LogP contribution in [0.4, 0.5) is 0 Å². The number of nitrogens with one attached hydrogen (secondary N) is 2. The fourth-order valence-corrected chi connectivity index (χ4v) is 2.70. The molecule has 0 fully saturated rings. The highest BCUT2D eigenvalue weighted by Gasteiger charge is 2.11. The van der Waals surface area contributed by atoms with Gasteiger partial charge in [-0.3, -0.25) is 10.2 Å². The van der Waals surface area contributed by atoms with Gasteiger partial charge in [0.2, 0.25) is 5.43 Å². The number of thiocarbonyl (C=S) groups is 1. The molecule has 5 nitrogen and oxygen atoms in total. The Balaban J connectivity index is 2.25. The van der Waals surface area contributed by atoms with Gasteiger partial charge in [-0.15, -0.1) is 0 Å². The third-order valence-electron chi connectivity index (χ3n) is 2.68. The number of nitrogens with zero attached hydrogens (tertiary/aromatic N) is 1. The van der Waals surface area contributed by atoms with Crippen molar-refractivity contribution in [2.45, 2.75) is 26.3 Å². The average molecular weight is 372 g/mol. The van der Waals surface area contributed by atoms with Crippen molar-refractivity contribution in [3.8, 4) is 0 Å². The van der Waals surface area contributed by atoms with E-state index in [1.54, 1.807) is 0 Å². The number of halogens is 2. The van der Waals surface area contributed by atoms with E-state index in [0.29, 0.717) is 15.5 Å². The second-order valence-corrected chi connectivity index (χ2v) is 7.11. The molecule has 1 heterocycles. The first-order valence-corrected chi connectivity index (χ1v) is 7.85. The molecule has 0 radical (unpaired) electrons. The standard InChI is InChI=1S/C15H15Cl2N3O2S/c1-15(2,3)19-14(23)20-18-6-8-7-22-13-10(12(8)21)4-9(16)5-11(13)17/h4-7H,1-3H3,(H2,19,20,23)/b18-6-. The Hall–Kier alpha value is -1.63. The van der Waals surface area contributed by atoms with Gasteiger partial charge in [-0.05, 0) is 45.1 Å². The van der Waals surface area contributed by atoms with Crippen LogP contribution in [0.15, 0.2) is 32.7 Å². The summed E-state index contributed by atoms with van der Waals surface area (Å²) in [6.45, 7) is 5.91. The molecule has 122 valence electrons. The second kappa shape index (κ2) is 6.86. The number of fused-ring (bicyclic) bond motifs is 1. The molecule has 0 aliphatic heterocycles. The SMILES string of the molecule is CC(C)(C)NC(=S)N/N=C\c1coc2c(Cl)cc(Cl)cc2c1=O. The number of hydrazone groups is 1. The van der Waals surface area contributed by atoms with Crippen molar-refractivity contribution in [3.05, 3.63) is 44.2 Å². The summed E-state index contributed by atoms with van der Waals surface area (Å²) >= 11 is 17.0. The summed E-state index contributed by atoms with van der Waals surface area (Å²) in [4.78, 5) is 12.4. The third-order valence-corrected chi connectivity index (χ3v) is 3.37. The first-order valence-electron chi connectivity index (χ1n) is 6.69. The minimum atomic E-state index is -0.282. The summed E-state index contributed by atoms with van der Waals surface area (Å²) < 4.78 is 5.39. The van der Waals surface area contributed by atoms with Gasteiger partial charge in [0.05, 0.1) is 22.2 Å². The van der Waals surface area contributed by atoms with Gasteiger partial charge in [0, 0.05) is 10.6 Å². The highest BCUT2D eigenvalue weighted by atomic mass is 35.5. The van der Waals surface area contributed by atoms with Crippen molar-refractivity contribution in [1.29, 1.82) is 0 Å². The summed E-state index contributed by atoms with van der Waals surface area (Å²) in [5.41, 5.74) is 2.72. The van der Waals surface area contributed by atoms with E-state index in [9.17, 15) is 4.79 Å². The molecule has 0 amide bonds. The van der Waals surface area contributed by atoms with E-state index in [1.165, 1.54) is 24.6 Å². The summed E-state index contributed by atoms with van der Waals surface area (Å²) in [5, 5.41) is 8.25. The smallest absolute Gasteiger partial charge is 0.201 e. The first kappa shape index (κ1) is 17.7. The van der Waals surface area contributed by atoms with E-state index in [0.717, 1.165) is 0 Å². The van der Waals surface area contributed by atoms with Crippen LogP contribution in [0.1, 0.15) is 26.3 Å². The Bertz CT molecular complexity index is 841. The van der Waals surface area contributed by atoms with Gasteiger partial charge in [0.15, 0.2) is 10.7 Å². The highest BCUT2D eigenvalue weighted by molar-refractivity contribution is 7.80. The molecule has 0 atom stereocenters. The minimum absolute atomic E-state index is 0.185. The number of hydrogen-bond donors (Lipinski definition) is 2. The van der Waals surface area contributed by atoms with Crippen LogP contribution >= 0.6 is 35.4 Å². The van der Waals surface area contributed by atoms with E-state index < -0.39 is 0 Å². The lowest BCUT2D eigenvalue weighted by Crippen LogP contribution is -2.44. The van der Waals surface area contributed by atoms with Gasteiger partial charge in [-0.2, -0.15) is 5.10 Å². The maximum atomic E-state index is 12.4. The van der Waals surface area contributed by atoms with Gasteiger partial charge in [-0.1, -0.05) is 23.2 Å². The summed E-state index contributed by atoms with van der Waals surface area (Å²) in [6.07, 6.45) is 2.62. The zero-order valence-electron chi connectivity index (χ0n) is 12.7. The van der Waals surface area contributed by atoms with E-state index in [1.807, 2.05) is 20.8 Å². The molecule has 8 heteroatoms. The lowest BCUT2D eigenvalue weighted by atomic mass is 10.1. The monoisotopic (exact) mass is 371 g/mol. The van der Waals surface area contributed by atoms with Gasteiger partial charge in [0.1, 0.15) is 6.26 Å². The molecule has 23 heavy (non-hydrogen) atoms. The van der Waals surface area contributed by atoms with E-state index in [2.05, 4.69) is 15.8 Å². The Morgan fingerprint density at radius 2 is 2.04 bits per heavy atom. The molecule has 2 rings (SSSR count). The van der Waals surface area contributed by atoms with Gasteiger partial charge in [-0.25, -0.2) is 0 Å². The van der Waals surface area contributed by atoms with Gasteiger partial charge < -0.3 is 9.73 Å². The first-order chi connectivity index (χ1) is 10.7. The Labute approximate surface area is 148 Å². The molecular weight excluding hydrogens is 357 g/mol. The minimum Gasteiger partial charge on any atom is -0.462 e. The molecule has 2 N–H and O–H groups in total. The molecule has 1 aromatic carbocycles. The average Bonchev–Trinajstić information content (AvgIpc) is 2.40. The van der Waals surface area contributed by atoms with Crippen LogP contribution in [0.25, 0.3) is 11.0 Å². The van der Waals surface area contributed by atoms with Crippen molar-refractivity contribution in [1.82, 2.24) is 10.7 Å². The van der Waals surface area contributed by atoms with E-state index in [-0.39, 0.29) is 27.1 Å². The Kier molecular flexibility index (Phi) is 5.29. The lowest BCUT2D eigenvalue weighted by molar-refractivity contribution is 0.508. The number of benzene rings is 1. The van der Waals surface area contributed by atoms with Crippen LogP contribution < -0.4 is 16.2 Å². The Morgan fingerprint density at radius 1 is 1.35 bits per heavy atom. The molecule has 0 spiro atoms. The number of hydrogen-bond acceptors (Lipinski definition) is 4. The lowest BCUT2D eigenvalue weighted by Gasteiger charge is -2.21. The molecule has 1 aromatic heterocycles. The van der Waals surface area contributed by atoms with Crippen LogP contribution in [-0.2, 0) is 0 Å². The quantitative estimate of drug-likeness (QED) is 0.478. The maximum absolute atomic E-state index is 12.4. The molecular formula is C15H15Cl2N3O2S. The zero-order chi connectivity index (χ0) is 17.2. The van der Waals surface area contributed by atoms with E-state index >= 15 is 0 Å². The number of rotatable bonds is 2. The van der Waals surface area contributed by atoms with Crippen LogP contribution in [0.2, 0.25) is 10.0 Å². The summed E-state index contributed by atoms with van der Waals surface area (Å²) in [6, 6.07) is 3.02. The van der Waals surface area contributed by atoms with Crippen molar-refractivity contribution < 1.29 is 4.42 Å². The predicted octanol–water partition coefficient (Wildman–Crippen LogP) is 3.70. The fraction of sp³-hybridized carbons (Fsp3) is 0.267. The largest absolute Gasteiger partial charge is 0.462 e. The molecule has 0 aliphatic carbocycles. The summed E-state index contributed by atoms with van der Waals surface area (Å²) in [5.74, 6) is 0. The molecule has 0 aliphatic rings. The zero-order valence-corrected chi connectivity index (χ0v) is 15.1. The van der Waals surface area contributed by atoms with E-state index in [4.69, 9.17) is 39.8 Å². The Morgan fingerprint density at radius 3 is 2.70 bits per heavy atom. The van der Waals surface area contributed by atoms with Gasteiger partial charge in [0.25, 0.3) is 0 Å². The molecule has 0 bridgehead atoms. The normalized spacial score (nSPS) is 11.9. The van der Waals surface area contributed by atoms with Crippen molar-refractivity contribution in [2.75, 3.05) is 0 Å². The maximum Gasteiger partial charge on any atom is 0.201 e. The van der Waals surface area contributed by atoms with Crippen LogP contribution in [0, 0.1) is 0 Å². The third kappa shape index (κ3) is 4.67. The summed E-state index contributed by atoms with van der Waals surface area (Å²) in [7, 11) is 0.